The van der Waals surface area contributed by atoms with Gasteiger partial charge in [0.25, 0.3) is 0 Å². The lowest BCUT2D eigenvalue weighted by Crippen LogP contribution is -2.40. The zero-order chi connectivity index (χ0) is 10.7. The van der Waals surface area contributed by atoms with Crippen molar-refractivity contribution in [2.24, 2.45) is 5.11 Å². The summed E-state index contributed by atoms with van der Waals surface area (Å²) in [6.45, 7) is -0.335. The Morgan fingerprint density at radius 1 is 1.64 bits per heavy atom. The van der Waals surface area contributed by atoms with Gasteiger partial charge in [0, 0.05) is 4.91 Å². The lowest BCUT2D eigenvalue weighted by atomic mass is 10.1. The Bertz CT molecular complexity index is 277. The molecule has 4 atom stereocenters. The molecule has 1 fully saturated rings. The third kappa shape index (κ3) is 1.94. The van der Waals surface area contributed by atoms with Gasteiger partial charge in [0.1, 0.15) is 6.10 Å². The molecule has 14 heavy (non-hydrogen) atoms. The first kappa shape index (κ1) is 10.7. The van der Waals surface area contributed by atoms with E-state index >= 15 is 0 Å². The Balaban J connectivity index is 2.61. The number of esters is 1. The van der Waals surface area contributed by atoms with Crippen LogP contribution in [0.15, 0.2) is 5.11 Å². The van der Waals surface area contributed by atoms with Gasteiger partial charge >= 0.3 is 5.97 Å². The minimum Gasteiger partial charge on any atom is -0.455 e. The number of carbonyl (C=O) groups excluding carboxylic acids is 1. The summed E-state index contributed by atoms with van der Waals surface area (Å²) < 4.78 is 4.47. The summed E-state index contributed by atoms with van der Waals surface area (Å²) >= 11 is 0. The number of carbonyl (C=O) groups is 1. The molecule has 1 rings (SSSR count). The average molecular weight is 203 g/mol. The van der Waals surface area contributed by atoms with Crippen molar-refractivity contribution in [3.8, 4) is 0 Å². The molecule has 0 aromatic rings. The molecule has 0 aromatic carbocycles. The van der Waals surface area contributed by atoms with E-state index < -0.39 is 30.4 Å². The molecule has 0 bridgehead atoms. The topological polar surface area (TPSA) is 136 Å². The SMILES string of the molecule is [N-]=[N+]=NC[C@@H](O)[C@H]1OC(=O)[C@@H](O)[C@H]1O. The molecule has 0 saturated carbocycles. The Morgan fingerprint density at radius 2 is 2.29 bits per heavy atom. The largest absolute Gasteiger partial charge is 0.455 e. The molecular weight excluding hydrogens is 194 g/mol. The second kappa shape index (κ2) is 4.25. The van der Waals surface area contributed by atoms with Crippen molar-refractivity contribution in [2.45, 2.75) is 24.4 Å². The molecule has 3 N–H and O–H groups in total. The van der Waals surface area contributed by atoms with Gasteiger partial charge in [-0.05, 0) is 5.53 Å². The normalized spacial score (nSPS) is 33.4. The summed E-state index contributed by atoms with van der Waals surface area (Å²) in [4.78, 5) is 13.1. The molecule has 78 valence electrons. The molecular formula is C6H9N3O5. The van der Waals surface area contributed by atoms with Crippen LogP contribution in [0.5, 0.6) is 0 Å². The van der Waals surface area contributed by atoms with Gasteiger partial charge in [-0.15, -0.1) is 0 Å². The van der Waals surface area contributed by atoms with Gasteiger partial charge in [-0.3, -0.25) is 0 Å². The van der Waals surface area contributed by atoms with Crippen molar-refractivity contribution in [2.75, 3.05) is 6.54 Å². The van der Waals surface area contributed by atoms with Crippen molar-refractivity contribution in [1.82, 2.24) is 0 Å². The fraction of sp³-hybridized carbons (Fsp3) is 0.833. The smallest absolute Gasteiger partial charge is 0.338 e. The van der Waals surface area contributed by atoms with Crippen LogP contribution in [0.25, 0.3) is 10.4 Å². The zero-order valence-electron chi connectivity index (χ0n) is 7.02. The summed E-state index contributed by atoms with van der Waals surface area (Å²) in [5.74, 6) is -0.998. The van der Waals surface area contributed by atoms with Crippen molar-refractivity contribution >= 4 is 5.97 Å². The molecule has 1 saturated heterocycles. The molecule has 0 aromatic heterocycles. The lowest BCUT2D eigenvalue weighted by molar-refractivity contribution is -0.150. The fourth-order valence-electron chi connectivity index (χ4n) is 1.12. The maximum atomic E-state index is 10.7. The molecule has 0 amide bonds. The number of hydrogen-bond acceptors (Lipinski definition) is 6. The number of ether oxygens (including phenoxy) is 1. The number of aliphatic hydroxyl groups is 3. The first-order valence-electron chi connectivity index (χ1n) is 3.83. The van der Waals surface area contributed by atoms with Crippen LogP contribution in [0.3, 0.4) is 0 Å². The Kier molecular flexibility index (Phi) is 3.26. The van der Waals surface area contributed by atoms with E-state index in [1.165, 1.54) is 0 Å². The Morgan fingerprint density at radius 3 is 2.71 bits per heavy atom. The summed E-state index contributed by atoms with van der Waals surface area (Å²) in [6, 6.07) is 0. The molecule has 0 radical (unpaired) electrons. The maximum absolute atomic E-state index is 10.7. The molecule has 0 unspecified atom stereocenters. The fourth-order valence-corrected chi connectivity index (χ4v) is 1.12. The van der Waals surface area contributed by atoms with E-state index in [4.69, 9.17) is 10.6 Å². The van der Waals surface area contributed by atoms with E-state index in [0.29, 0.717) is 0 Å². The van der Waals surface area contributed by atoms with Crippen LogP contribution in [-0.2, 0) is 9.53 Å². The van der Waals surface area contributed by atoms with Gasteiger partial charge in [0.05, 0.1) is 12.6 Å². The van der Waals surface area contributed by atoms with Crippen LogP contribution in [-0.4, -0.2) is 52.2 Å². The third-order valence-electron chi connectivity index (χ3n) is 1.87. The highest BCUT2D eigenvalue weighted by Gasteiger charge is 2.45. The second-order valence-corrected chi connectivity index (χ2v) is 2.82. The first-order chi connectivity index (χ1) is 6.57. The lowest BCUT2D eigenvalue weighted by Gasteiger charge is -2.17. The Labute approximate surface area is 78.3 Å². The van der Waals surface area contributed by atoms with Crippen LogP contribution in [0.4, 0.5) is 0 Å². The highest BCUT2D eigenvalue weighted by atomic mass is 16.6. The highest BCUT2D eigenvalue weighted by molar-refractivity contribution is 5.77. The van der Waals surface area contributed by atoms with E-state index in [2.05, 4.69) is 14.8 Å². The van der Waals surface area contributed by atoms with E-state index in [0.717, 1.165) is 0 Å². The molecule has 0 aliphatic carbocycles. The monoisotopic (exact) mass is 203 g/mol. The molecule has 1 aliphatic heterocycles. The second-order valence-electron chi connectivity index (χ2n) is 2.82. The van der Waals surface area contributed by atoms with Crippen LogP contribution < -0.4 is 0 Å². The van der Waals surface area contributed by atoms with Gasteiger partial charge in [0.15, 0.2) is 12.2 Å². The zero-order valence-corrected chi connectivity index (χ0v) is 7.02. The van der Waals surface area contributed by atoms with E-state index in [9.17, 15) is 15.0 Å². The number of azide groups is 1. The van der Waals surface area contributed by atoms with Gasteiger partial charge < -0.3 is 20.1 Å². The summed E-state index contributed by atoms with van der Waals surface area (Å²) in [7, 11) is 0. The summed E-state index contributed by atoms with van der Waals surface area (Å²) in [5, 5.41) is 30.5. The third-order valence-corrected chi connectivity index (χ3v) is 1.87. The summed E-state index contributed by atoms with van der Waals surface area (Å²) in [6.07, 6.45) is -5.71. The molecule has 8 heteroatoms. The average Bonchev–Trinajstić information content (AvgIpc) is 2.42. The van der Waals surface area contributed by atoms with Crippen LogP contribution in [0.2, 0.25) is 0 Å². The van der Waals surface area contributed by atoms with Gasteiger partial charge in [-0.25, -0.2) is 4.79 Å². The number of hydrogen-bond donors (Lipinski definition) is 3. The standard InChI is InChI=1S/C6H9N3O5/c7-9-8-1-2(10)5-3(11)4(12)6(13)14-5/h2-5,10-12H,1H2/t2-,3-,4+,5-/m1/s1. The number of nitrogens with zero attached hydrogens (tertiary/aromatic N) is 3. The number of cyclic esters (lactones) is 1. The van der Waals surface area contributed by atoms with Gasteiger partial charge in [-0.2, -0.15) is 0 Å². The highest BCUT2D eigenvalue weighted by Crippen LogP contribution is 2.19. The maximum Gasteiger partial charge on any atom is 0.338 e. The predicted molar refractivity (Wildman–Crippen MR) is 41.9 cm³/mol. The van der Waals surface area contributed by atoms with Crippen LogP contribution >= 0.6 is 0 Å². The quantitative estimate of drug-likeness (QED) is 0.217. The van der Waals surface area contributed by atoms with Crippen molar-refractivity contribution in [3.63, 3.8) is 0 Å². The molecule has 0 spiro atoms. The van der Waals surface area contributed by atoms with Crippen LogP contribution in [0, 0.1) is 0 Å². The predicted octanol–water partition coefficient (Wildman–Crippen LogP) is -1.70. The molecule has 1 aliphatic rings. The van der Waals surface area contributed by atoms with E-state index in [1.54, 1.807) is 0 Å². The number of rotatable bonds is 3. The van der Waals surface area contributed by atoms with Crippen molar-refractivity contribution < 1.29 is 24.9 Å². The Hall–Kier alpha value is -1.34. The summed E-state index contributed by atoms with van der Waals surface area (Å²) in [5.41, 5.74) is 7.96. The number of aliphatic hydroxyl groups excluding tert-OH is 3. The van der Waals surface area contributed by atoms with E-state index in [1.807, 2.05) is 0 Å². The van der Waals surface area contributed by atoms with Crippen molar-refractivity contribution in [1.29, 1.82) is 0 Å². The minimum atomic E-state index is -1.65. The molecule has 8 nitrogen and oxygen atoms in total. The molecule has 1 heterocycles. The minimum absolute atomic E-state index is 0.335. The first-order valence-corrected chi connectivity index (χ1v) is 3.83. The van der Waals surface area contributed by atoms with E-state index in [-0.39, 0.29) is 6.54 Å². The van der Waals surface area contributed by atoms with Crippen molar-refractivity contribution in [3.05, 3.63) is 10.4 Å². The van der Waals surface area contributed by atoms with Crippen LogP contribution in [0.1, 0.15) is 0 Å². The van der Waals surface area contributed by atoms with Gasteiger partial charge in [-0.1, -0.05) is 5.11 Å². The van der Waals surface area contributed by atoms with Gasteiger partial charge in [0.2, 0.25) is 0 Å².